The summed E-state index contributed by atoms with van der Waals surface area (Å²) in [7, 11) is 3.57. The lowest BCUT2D eigenvalue weighted by atomic mass is 10.1. The molecule has 6 aromatic rings. The Bertz CT molecular complexity index is 1530. The molecule has 0 bridgehead atoms. The maximum absolute atomic E-state index is 4.95. The molecular weight excluding hydrogens is 541 g/mol. The van der Waals surface area contributed by atoms with Gasteiger partial charge in [0.2, 0.25) is 0 Å². The lowest BCUT2D eigenvalue weighted by molar-refractivity contribution is 1.41. The summed E-state index contributed by atoms with van der Waals surface area (Å²) in [5.74, 6) is 0. The van der Waals surface area contributed by atoms with E-state index in [0.29, 0.717) is 0 Å². The summed E-state index contributed by atoms with van der Waals surface area (Å²) in [4.78, 5) is 4.77. The SMILES string of the molecule is Cc1ccc(-c2snc(-c3ccccc3)c2SSc2c(-c3ccccc3)nsc2-c2ccc(C)cc2)cc1. The van der Waals surface area contributed by atoms with Gasteiger partial charge < -0.3 is 0 Å². The molecule has 6 rings (SSSR count). The number of benzene rings is 4. The van der Waals surface area contributed by atoms with E-state index in [1.165, 1.54) is 41.8 Å². The Labute approximate surface area is 239 Å². The molecule has 0 radical (unpaired) electrons. The molecule has 2 heterocycles. The summed E-state index contributed by atoms with van der Waals surface area (Å²) in [6.07, 6.45) is 0. The van der Waals surface area contributed by atoms with Crippen molar-refractivity contribution in [3.63, 3.8) is 0 Å². The van der Waals surface area contributed by atoms with Gasteiger partial charge in [0, 0.05) is 11.1 Å². The van der Waals surface area contributed by atoms with Crippen LogP contribution in [0.1, 0.15) is 11.1 Å². The second kappa shape index (κ2) is 11.3. The molecule has 186 valence electrons. The summed E-state index contributed by atoms with van der Waals surface area (Å²) in [5.41, 5.74) is 9.24. The molecule has 4 aromatic carbocycles. The van der Waals surface area contributed by atoms with Crippen molar-refractivity contribution in [2.75, 3.05) is 0 Å². The molecule has 2 nitrogen and oxygen atoms in total. The predicted molar refractivity (Wildman–Crippen MR) is 167 cm³/mol. The van der Waals surface area contributed by atoms with Crippen LogP contribution in [0.15, 0.2) is 119 Å². The fraction of sp³-hybridized carbons (Fsp3) is 0.0625. The summed E-state index contributed by atoms with van der Waals surface area (Å²) in [5, 5.41) is 0. The molecule has 0 fully saturated rings. The fourth-order valence-corrected chi connectivity index (χ4v) is 9.16. The third-order valence-electron chi connectivity index (χ3n) is 6.23. The molecule has 0 aliphatic carbocycles. The zero-order valence-corrected chi connectivity index (χ0v) is 24.2. The molecule has 2 aromatic heterocycles. The molecule has 6 heteroatoms. The second-order valence-corrected chi connectivity index (χ2v) is 12.7. The van der Waals surface area contributed by atoms with Crippen molar-refractivity contribution in [1.82, 2.24) is 8.75 Å². The number of hydrogen-bond donors (Lipinski definition) is 0. The van der Waals surface area contributed by atoms with E-state index in [2.05, 4.69) is 123 Å². The molecule has 0 aliphatic heterocycles. The average molecular weight is 565 g/mol. The second-order valence-electron chi connectivity index (χ2n) is 9.01. The van der Waals surface area contributed by atoms with Gasteiger partial charge in [0.25, 0.3) is 0 Å². The lowest BCUT2D eigenvalue weighted by Gasteiger charge is -2.09. The maximum atomic E-state index is 4.95. The number of hydrogen-bond acceptors (Lipinski definition) is 6. The average Bonchev–Trinajstić information content (AvgIpc) is 3.58. The number of rotatable bonds is 7. The number of aromatic nitrogens is 2. The van der Waals surface area contributed by atoms with Gasteiger partial charge in [0.05, 0.1) is 30.9 Å². The molecule has 0 N–H and O–H groups in total. The van der Waals surface area contributed by atoms with E-state index < -0.39 is 0 Å². The normalized spacial score (nSPS) is 11.1. The largest absolute Gasteiger partial charge is 0.191 e. The highest BCUT2D eigenvalue weighted by molar-refractivity contribution is 8.76. The van der Waals surface area contributed by atoms with Crippen LogP contribution in [0.4, 0.5) is 0 Å². The number of aryl methyl sites for hydroxylation is 2. The summed E-state index contributed by atoms with van der Waals surface area (Å²) < 4.78 is 9.90. The van der Waals surface area contributed by atoms with Crippen molar-refractivity contribution in [3.05, 3.63) is 120 Å². The molecule has 0 aliphatic rings. The minimum Gasteiger partial charge on any atom is -0.191 e. The Morgan fingerprint density at radius 1 is 0.447 bits per heavy atom. The van der Waals surface area contributed by atoms with Crippen LogP contribution >= 0.6 is 44.7 Å². The van der Waals surface area contributed by atoms with E-state index in [-0.39, 0.29) is 0 Å². The third kappa shape index (κ3) is 5.22. The Hall–Kier alpha value is -3.16. The van der Waals surface area contributed by atoms with Crippen molar-refractivity contribution in [3.8, 4) is 43.4 Å². The van der Waals surface area contributed by atoms with Gasteiger partial charge >= 0.3 is 0 Å². The molecule has 0 amide bonds. The third-order valence-corrected chi connectivity index (χ3v) is 10.7. The van der Waals surface area contributed by atoms with Gasteiger partial charge in [-0.2, -0.15) is 8.75 Å². The van der Waals surface area contributed by atoms with Crippen molar-refractivity contribution >= 4 is 44.7 Å². The van der Waals surface area contributed by atoms with Gasteiger partial charge in [-0.25, -0.2) is 0 Å². The lowest BCUT2D eigenvalue weighted by Crippen LogP contribution is -1.83. The summed E-state index contributed by atoms with van der Waals surface area (Å²) in [6, 6.07) is 38.5. The molecule has 0 saturated heterocycles. The van der Waals surface area contributed by atoms with E-state index in [0.717, 1.165) is 22.5 Å². The van der Waals surface area contributed by atoms with Gasteiger partial charge in [0.1, 0.15) is 0 Å². The van der Waals surface area contributed by atoms with Gasteiger partial charge in [-0.3, -0.25) is 0 Å². The Morgan fingerprint density at radius 2 is 0.816 bits per heavy atom. The minimum absolute atomic E-state index is 1.03. The van der Waals surface area contributed by atoms with Crippen LogP contribution in [0.3, 0.4) is 0 Å². The highest BCUT2D eigenvalue weighted by Gasteiger charge is 2.22. The zero-order valence-electron chi connectivity index (χ0n) is 20.9. The molecule has 0 unspecified atom stereocenters. The quantitative estimate of drug-likeness (QED) is 0.180. The van der Waals surface area contributed by atoms with Crippen molar-refractivity contribution in [1.29, 1.82) is 0 Å². The van der Waals surface area contributed by atoms with Crippen LogP contribution in [0.2, 0.25) is 0 Å². The standard InChI is InChI=1S/C32H24N2S4/c1-21-13-17-25(18-14-21)29-31(27(33-35-29)23-9-5-3-6-10-23)37-38-32-28(24-11-7-4-8-12-24)34-36-30(32)26-19-15-22(2)16-20-26/h3-20H,1-2H3. The molecule has 0 atom stereocenters. The summed E-state index contributed by atoms with van der Waals surface area (Å²) >= 11 is 3.15. The Balaban J connectivity index is 1.44. The first kappa shape index (κ1) is 25.1. The Morgan fingerprint density at radius 3 is 1.18 bits per heavy atom. The fourth-order valence-electron chi connectivity index (χ4n) is 4.14. The first-order valence-electron chi connectivity index (χ1n) is 12.3. The van der Waals surface area contributed by atoms with Crippen LogP contribution in [0.25, 0.3) is 43.4 Å². The van der Waals surface area contributed by atoms with E-state index in [1.54, 1.807) is 44.7 Å². The number of nitrogens with zero attached hydrogens (tertiary/aromatic N) is 2. The topological polar surface area (TPSA) is 25.8 Å². The van der Waals surface area contributed by atoms with Gasteiger partial charge in [-0.05, 0) is 69.6 Å². The van der Waals surface area contributed by atoms with Gasteiger partial charge in [0.15, 0.2) is 0 Å². The zero-order chi connectivity index (χ0) is 25.9. The van der Waals surface area contributed by atoms with Crippen LogP contribution in [-0.2, 0) is 0 Å². The first-order valence-corrected chi connectivity index (χ1v) is 16.0. The van der Waals surface area contributed by atoms with Crippen molar-refractivity contribution < 1.29 is 0 Å². The monoisotopic (exact) mass is 564 g/mol. The van der Waals surface area contributed by atoms with Crippen LogP contribution < -0.4 is 0 Å². The van der Waals surface area contributed by atoms with E-state index in [4.69, 9.17) is 8.75 Å². The van der Waals surface area contributed by atoms with Crippen molar-refractivity contribution in [2.24, 2.45) is 0 Å². The highest BCUT2D eigenvalue weighted by atomic mass is 33.1. The highest BCUT2D eigenvalue weighted by Crippen LogP contribution is 2.53. The van der Waals surface area contributed by atoms with E-state index in [9.17, 15) is 0 Å². The summed E-state index contributed by atoms with van der Waals surface area (Å²) in [6.45, 7) is 4.25. The molecule has 0 spiro atoms. The first-order chi connectivity index (χ1) is 18.7. The smallest absolute Gasteiger partial charge is 0.0991 e. The van der Waals surface area contributed by atoms with Crippen LogP contribution in [0, 0.1) is 13.8 Å². The molecular formula is C32H24N2S4. The van der Waals surface area contributed by atoms with Crippen molar-refractivity contribution in [2.45, 2.75) is 23.6 Å². The van der Waals surface area contributed by atoms with E-state index >= 15 is 0 Å². The minimum atomic E-state index is 1.03. The molecule has 0 saturated carbocycles. The van der Waals surface area contributed by atoms with Crippen LogP contribution in [0.5, 0.6) is 0 Å². The maximum Gasteiger partial charge on any atom is 0.0991 e. The predicted octanol–water partition coefficient (Wildman–Crippen LogP) is 10.7. The van der Waals surface area contributed by atoms with E-state index in [1.807, 2.05) is 0 Å². The van der Waals surface area contributed by atoms with Gasteiger partial charge in [-0.1, -0.05) is 120 Å². The van der Waals surface area contributed by atoms with Gasteiger partial charge in [-0.15, -0.1) is 0 Å². The Kier molecular flexibility index (Phi) is 7.47. The van der Waals surface area contributed by atoms with Crippen LogP contribution in [-0.4, -0.2) is 8.75 Å². The molecule has 38 heavy (non-hydrogen) atoms.